The van der Waals surface area contributed by atoms with E-state index in [4.69, 9.17) is 0 Å². The van der Waals surface area contributed by atoms with Crippen LogP contribution in [0.3, 0.4) is 0 Å². The monoisotopic (exact) mass is 295 g/mol. The second-order valence-electron chi connectivity index (χ2n) is 5.99. The molecule has 118 valence electrons. The fraction of sp³-hybridized carbons (Fsp3) is 0.857. The minimum atomic E-state index is -0.706. The first kappa shape index (κ1) is 15.9. The predicted octanol–water partition coefficient (Wildman–Crippen LogP) is 0.856. The summed E-state index contributed by atoms with van der Waals surface area (Å²) in [5.41, 5.74) is -0.706. The Morgan fingerprint density at radius 1 is 1.43 bits per heavy atom. The third-order valence-corrected chi connectivity index (χ3v) is 4.73. The molecule has 1 aliphatic carbocycles. The third-order valence-electron chi connectivity index (χ3n) is 4.73. The summed E-state index contributed by atoms with van der Waals surface area (Å²) in [5.74, 6) is 0.155. The van der Waals surface area contributed by atoms with Gasteiger partial charge in [-0.15, -0.1) is 5.10 Å². The van der Waals surface area contributed by atoms with Crippen molar-refractivity contribution in [3.63, 3.8) is 0 Å². The number of hydrogen-bond donors (Lipinski definition) is 2. The number of aromatic nitrogens is 4. The van der Waals surface area contributed by atoms with Crippen LogP contribution < -0.4 is 5.32 Å². The Hall–Kier alpha value is -1.50. The van der Waals surface area contributed by atoms with Crippen molar-refractivity contribution in [3.8, 4) is 0 Å². The van der Waals surface area contributed by atoms with Crippen LogP contribution in [0.25, 0.3) is 0 Å². The standard InChI is InChI=1S/C14H25N5O2/c1-3-11(2)12(9-20)16-13(21)14(7-5-4-6-8-14)19-10-15-17-18-19/h10-12,20H,3-9H2,1-2H3,(H,16,21)/t11-,12-/m0/s1. The van der Waals surface area contributed by atoms with Gasteiger partial charge < -0.3 is 10.4 Å². The molecule has 1 amide bonds. The first-order valence-corrected chi connectivity index (χ1v) is 7.79. The van der Waals surface area contributed by atoms with Crippen LogP contribution in [0.4, 0.5) is 0 Å². The number of amides is 1. The summed E-state index contributed by atoms with van der Waals surface area (Å²) in [6.45, 7) is 4.04. The zero-order valence-corrected chi connectivity index (χ0v) is 12.8. The van der Waals surface area contributed by atoms with Gasteiger partial charge in [0.2, 0.25) is 5.91 Å². The van der Waals surface area contributed by atoms with Gasteiger partial charge in [-0.1, -0.05) is 39.5 Å². The number of nitrogens with zero attached hydrogens (tertiary/aromatic N) is 4. The Morgan fingerprint density at radius 2 is 2.14 bits per heavy atom. The van der Waals surface area contributed by atoms with Gasteiger partial charge in [0.1, 0.15) is 11.9 Å². The fourth-order valence-electron chi connectivity index (χ4n) is 3.01. The molecule has 0 radical (unpaired) electrons. The van der Waals surface area contributed by atoms with Crippen LogP contribution in [0.5, 0.6) is 0 Å². The molecule has 21 heavy (non-hydrogen) atoms. The Morgan fingerprint density at radius 3 is 2.67 bits per heavy atom. The van der Waals surface area contributed by atoms with E-state index in [-0.39, 0.29) is 24.5 Å². The highest BCUT2D eigenvalue weighted by Gasteiger charge is 2.43. The molecule has 1 fully saturated rings. The molecule has 0 saturated heterocycles. The molecule has 1 heterocycles. The lowest BCUT2D eigenvalue weighted by molar-refractivity contribution is -0.134. The van der Waals surface area contributed by atoms with Crippen molar-refractivity contribution in [1.82, 2.24) is 25.5 Å². The minimum absolute atomic E-state index is 0.0492. The highest BCUT2D eigenvalue weighted by atomic mass is 16.3. The molecule has 0 aliphatic heterocycles. The molecule has 1 aliphatic rings. The molecule has 2 N–H and O–H groups in total. The Balaban J connectivity index is 2.19. The van der Waals surface area contributed by atoms with E-state index in [1.54, 1.807) is 4.68 Å². The maximum atomic E-state index is 12.9. The number of nitrogens with one attached hydrogen (secondary N) is 1. The summed E-state index contributed by atoms with van der Waals surface area (Å²) in [5, 5.41) is 23.9. The minimum Gasteiger partial charge on any atom is -0.394 e. The lowest BCUT2D eigenvalue weighted by Crippen LogP contribution is -2.55. The smallest absolute Gasteiger partial charge is 0.248 e. The highest BCUT2D eigenvalue weighted by molar-refractivity contribution is 5.84. The van der Waals surface area contributed by atoms with Gasteiger partial charge in [0, 0.05) is 0 Å². The lowest BCUT2D eigenvalue weighted by Gasteiger charge is -2.37. The average Bonchev–Trinajstić information content (AvgIpc) is 3.07. The van der Waals surface area contributed by atoms with Crippen molar-refractivity contribution in [2.45, 2.75) is 64.0 Å². The first-order valence-electron chi connectivity index (χ1n) is 7.79. The molecule has 2 atom stereocenters. The Bertz CT molecular complexity index is 442. The summed E-state index contributed by atoms with van der Waals surface area (Å²) < 4.78 is 1.59. The van der Waals surface area contributed by atoms with Gasteiger partial charge in [0.15, 0.2) is 0 Å². The molecule has 0 aromatic carbocycles. The van der Waals surface area contributed by atoms with E-state index < -0.39 is 5.54 Å². The van der Waals surface area contributed by atoms with Crippen LogP contribution in [-0.4, -0.2) is 43.9 Å². The summed E-state index contributed by atoms with van der Waals surface area (Å²) in [6, 6.07) is -0.224. The molecule has 2 rings (SSSR count). The van der Waals surface area contributed by atoms with E-state index in [2.05, 4.69) is 27.8 Å². The van der Waals surface area contributed by atoms with E-state index >= 15 is 0 Å². The van der Waals surface area contributed by atoms with Gasteiger partial charge in [-0.25, -0.2) is 4.68 Å². The molecular formula is C14H25N5O2. The van der Waals surface area contributed by atoms with E-state index in [1.807, 2.05) is 6.92 Å². The molecule has 0 spiro atoms. The number of aliphatic hydroxyl groups is 1. The van der Waals surface area contributed by atoms with Gasteiger partial charge in [-0.3, -0.25) is 4.79 Å². The molecule has 1 saturated carbocycles. The zero-order valence-electron chi connectivity index (χ0n) is 12.8. The van der Waals surface area contributed by atoms with E-state index in [0.717, 1.165) is 38.5 Å². The fourth-order valence-corrected chi connectivity index (χ4v) is 3.01. The summed E-state index contributed by atoms with van der Waals surface area (Å²) in [4.78, 5) is 12.9. The second kappa shape index (κ2) is 6.98. The van der Waals surface area contributed by atoms with Gasteiger partial charge >= 0.3 is 0 Å². The quantitative estimate of drug-likeness (QED) is 0.812. The van der Waals surface area contributed by atoms with E-state index in [0.29, 0.717) is 0 Å². The predicted molar refractivity (Wildman–Crippen MR) is 77.3 cm³/mol. The Labute approximate surface area is 125 Å². The average molecular weight is 295 g/mol. The largest absolute Gasteiger partial charge is 0.394 e. The topological polar surface area (TPSA) is 92.9 Å². The van der Waals surface area contributed by atoms with Gasteiger partial charge in [0.05, 0.1) is 12.6 Å². The zero-order chi connectivity index (χ0) is 15.3. The van der Waals surface area contributed by atoms with Crippen molar-refractivity contribution in [1.29, 1.82) is 0 Å². The van der Waals surface area contributed by atoms with E-state index in [1.165, 1.54) is 6.33 Å². The van der Waals surface area contributed by atoms with Crippen LogP contribution in [-0.2, 0) is 10.3 Å². The number of tetrazole rings is 1. The number of carbonyl (C=O) groups excluding carboxylic acids is 1. The normalized spacial score (nSPS) is 20.7. The van der Waals surface area contributed by atoms with Crippen LogP contribution in [0, 0.1) is 5.92 Å². The number of carbonyl (C=O) groups is 1. The summed E-state index contributed by atoms with van der Waals surface area (Å²) >= 11 is 0. The number of hydrogen-bond acceptors (Lipinski definition) is 5. The maximum absolute atomic E-state index is 12.9. The molecule has 7 nitrogen and oxygen atoms in total. The van der Waals surface area contributed by atoms with Crippen LogP contribution in [0.1, 0.15) is 52.4 Å². The lowest BCUT2D eigenvalue weighted by atomic mass is 9.80. The SMILES string of the molecule is CC[C@H](C)[C@H](CO)NC(=O)C1(n2cnnn2)CCCCC1. The molecule has 0 bridgehead atoms. The molecule has 1 aromatic heterocycles. The van der Waals surface area contributed by atoms with Gasteiger partial charge in [-0.2, -0.15) is 0 Å². The second-order valence-corrected chi connectivity index (χ2v) is 5.99. The Kier molecular flexibility index (Phi) is 5.27. The number of aliphatic hydroxyl groups excluding tert-OH is 1. The van der Waals surface area contributed by atoms with Crippen LogP contribution >= 0.6 is 0 Å². The summed E-state index contributed by atoms with van der Waals surface area (Å²) in [6.07, 6.45) is 7.00. The summed E-state index contributed by atoms with van der Waals surface area (Å²) in [7, 11) is 0. The van der Waals surface area contributed by atoms with Crippen molar-refractivity contribution in [3.05, 3.63) is 6.33 Å². The van der Waals surface area contributed by atoms with Gasteiger partial charge in [-0.05, 0) is 29.2 Å². The van der Waals surface area contributed by atoms with Crippen molar-refractivity contribution >= 4 is 5.91 Å². The highest BCUT2D eigenvalue weighted by Crippen LogP contribution is 2.34. The molecule has 1 aromatic rings. The van der Waals surface area contributed by atoms with Crippen LogP contribution in [0.2, 0.25) is 0 Å². The van der Waals surface area contributed by atoms with Crippen molar-refractivity contribution < 1.29 is 9.90 Å². The van der Waals surface area contributed by atoms with Crippen molar-refractivity contribution in [2.75, 3.05) is 6.61 Å². The molecule has 0 unspecified atom stereocenters. The van der Waals surface area contributed by atoms with Gasteiger partial charge in [0.25, 0.3) is 0 Å². The first-order chi connectivity index (χ1) is 10.1. The number of rotatable bonds is 6. The molecule has 7 heteroatoms. The third kappa shape index (κ3) is 3.23. The molecular weight excluding hydrogens is 270 g/mol. The van der Waals surface area contributed by atoms with Crippen LogP contribution in [0.15, 0.2) is 6.33 Å². The van der Waals surface area contributed by atoms with Crippen molar-refractivity contribution in [2.24, 2.45) is 5.92 Å². The van der Waals surface area contributed by atoms with E-state index in [9.17, 15) is 9.90 Å². The maximum Gasteiger partial charge on any atom is 0.248 e.